The lowest BCUT2D eigenvalue weighted by Crippen LogP contribution is -2.19. The highest BCUT2D eigenvalue weighted by Crippen LogP contribution is 2.14. The van der Waals surface area contributed by atoms with Gasteiger partial charge in [0.05, 0.1) is 10.6 Å². The van der Waals surface area contributed by atoms with Gasteiger partial charge in [0, 0.05) is 28.3 Å². The largest absolute Gasteiger partial charge is 0.271 e. The van der Waals surface area contributed by atoms with Crippen molar-refractivity contribution in [3.63, 3.8) is 0 Å². The third-order valence-electron chi connectivity index (χ3n) is 2.91. The average molecular weight is 318 g/mol. The van der Waals surface area contributed by atoms with Gasteiger partial charge in [-0.05, 0) is 31.2 Å². The topological polar surface area (TPSA) is 84.6 Å². The smallest absolute Gasteiger partial charge is 0.267 e. The number of hydrazone groups is 1. The van der Waals surface area contributed by atoms with E-state index in [1.807, 2.05) is 0 Å². The van der Waals surface area contributed by atoms with E-state index in [0.29, 0.717) is 21.9 Å². The molecular weight excluding hydrogens is 306 g/mol. The van der Waals surface area contributed by atoms with Crippen molar-refractivity contribution in [1.29, 1.82) is 0 Å². The minimum Gasteiger partial charge on any atom is -0.267 e. The summed E-state index contributed by atoms with van der Waals surface area (Å²) in [6.45, 7) is 1.65. The summed E-state index contributed by atoms with van der Waals surface area (Å²) in [6.07, 6.45) is 0. The summed E-state index contributed by atoms with van der Waals surface area (Å²) < 4.78 is 0. The normalized spacial score (nSPS) is 11.1. The van der Waals surface area contributed by atoms with Crippen LogP contribution in [0.2, 0.25) is 5.02 Å². The van der Waals surface area contributed by atoms with Crippen LogP contribution in [0.1, 0.15) is 22.8 Å². The predicted octanol–water partition coefficient (Wildman–Crippen LogP) is 3.40. The van der Waals surface area contributed by atoms with Crippen molar-refractivity contribution >= 4 is 28.9 Å². The minimum atomic E-state index is -0.483. The highest BCUT2D eigenvalue weighted by atomic mass is 35.5. The van der Waals surface area contributed by atoms with Crippen LogP contribution in [0.15, 0.2) is 53.6 Å². The predicted molar refractivity (Wildman–Crippen MR) is 84.2 cm³/mol. The van der Waals surface area contributed by atoms with Crippen molar-refractivity contribution in [3.8, 4) is 0 Å². The van der Waals surface area contributed by atoms with Gasteiger partial charge in [-0.2, -0.15) is 5.10 Å². The van der Waals surface area contributed by atoms with E-state index in [1.165, 1.54) is 12.1 Å². The van der Waals surface area contributed by atoms with Gasteiger partial charge in [-0.25, -0.2) is 5.43 Å². The minimum absolute atomic E-state index is 0.0314. The highest BCUT2D eigenvalue weighted by molar-refractivity contribution is 6.30. The van der Waals surface area contributed by atoms with Crippen LogP contribution in [-0.4, -0.2) is 16.5 Å². The van der Waals surface area contributed by atoms with E-state index in [1.54, 1.807) is 43.3 Å². The van der Waals surface area contributed by atoms with Gasteiger partial charge in [-0.3, -0.25) is 14.9 Å². The van der Waals surface area contributed by atoms with Gasteiger partial charge in [0.2, 0.25) is 0 Å². The second kappa shape index (κ2) is 6.82. The van der Waals surface area contributed by atoms with Crippen LogP contribution in [0, 0.1) is 10.1 Å². The zero-order valence-corrected chi connectivity index (χ0v) is 12.4. The molecule has 2 aromatic carbocycles. The Kier molecular flexibility index (Phi) is 4.85. The first kappa shape index (κ1) is 15.7. The van der Waals surface area contributed by atoms with Gasteiger partial charge in [0.25, 0.3) is 11.6 Å². The molecular formula is C15H12ClN3O3. The number of rotatable bonds is 4. The summed E-state index contributed by atoms with van der Waals surface area (Å²) in [5, 5.41) is 15.2. The maximum atomic E-state index is 11.9. The lowest BCUT2D eigenvalue weighted by Gasteiger charge is -2.03. The van der Waals surface area contributed by atoms with Crippen LogP contribution in [0.3, 0.4) is 0 Å². The van der Waals surface area contributed by atoms with Crippen molar-refractivity contribution in [1.82, 2.24) is 5.43 Å². The van der Waals surface area contributed by atoms with E-state index >= 15 is 0 Å². The third kappa shape index (κ3) is 3.89. The standard InChI is InChI=1S/C15H12ClN3O3/c1-10(12-3-2-4-14(9-12)19(21)22)17-18-15(20)11-5-7-13(16)8-6-11/h2-9H,1H3,(H,18,20)/b17-10-. The molecule has 0 saturated heterocycles. The monoisotopic (exact) mass is 317 g/mol. The van der Waals surface area contributed by atoms with Gasteiger partial charge < -0.3 is 0 Å². The Morgan fingerprint density at radius 1 is 1.18 bits per heavy atom. The number of carbonyl (C=O) groups excluding carboxylic acids is 1. The lowest BCUT2D eigenvalue weighted by atomic mass is 10.1. The Bertz CT molecular complexity index is 742. The number of benzene rings is 2. The van der Waals surface area contributed by atoms with Gasteiger partial charge in [0.1, 0.15) is 0 Å². The zero-order chi connectivity index (χ0) is 16.1. The molecule has 0 aliphatic heterocycles. The lowest BCUT2D eigenvalue weighted by molar-refractivity contribution is -0.384. The number of halogens is 1. The van der Waals surface area contributed by atoms with Gasteiger partial charge >= 0.3 is 0 Å². The van der Waals surface area contributed by atoms with E-state index in [2.05, 4.69) is 10.5 Å². The molecule has 2 rings (SSSR count). The number of nitrogens with one attached hydrogen (secondary N) is 1. The summed E-state index contributed by atoms with van der Waals surface area (Å²) in [4.78, 5) is 22.2. The third-order valence-corrected chi connectivity index (χ3v) is 3.16. The fourth-order valence-corrected chi connectivity index (χ4v) is 1.84. The molecule has 1 N–H and O–H groups in total. The van der Waals surface area contributed by atoms with Crippen molar-refractivity contribution in [3.05, 3.63) is 74.8 Å². The van der Waals surface area contributed by atoms with Gasteiger partial charge in [-0.15, -0.1) is 0 Å². The van der Waals surface area contributed by atoms with Crippen molar-refractivity contribution in [2.75, 3.05) is 0 Å². The molecule has 0 heterocycles. The second-order valence-corrected chi connectivity index (χ2v) is 4.89. The first-order valence-corrected chi connectivity index (χ1v) is 6.70. The average Bonchev–Trinajstić information content (AvgIpc) is 2.53. The Balaban J connectivity index is 2.12. The molecule has 0 fully saturated rings. The number of non-ortho nitro benzene ring substituents is 1. The molecule has 0 bridgehead atoms. The Morgan fingerprint density at radius 2 is 1.86 bits per heavy atom. The van der Waals surface area contributed by atoms with Crippen molar-refractivity contribution < 1.29 is 9.72 Å². The van der Waals surface area contributed by atoms with E-state index in [0.717, 1.165) is 0 Å². The van der Waals surface area contributed by atoms with E-state index in [9.17, 15) is 14.9 Å². The number of hydrogen-bond donors (Lipinski definition) is 1. The Morgan fingerprint density at radius 3 is 2.50 bits per heavy atom. The summed E-state index contributed by atoms with van der Waals surface area (Å²) in [5.74, 6) is -0.388. The molecule has 0 aromatic heterocycles. The number of amides is 1. The van der Waals surface area contributed by atoms with Crippen molar-refractivity contribution in [2.24, 2.45) is 5.10 Å². The summed E-state index contributed by atoms with van der Waals surface area (Å²) >= 11 is 5.75. The number of carbonyl (C=O) groups is 1. The quantitative estimate of drug-likeness (QED) is 0.533. The summed E-state index contributed by atoms with van der Waals surface area (Å²) in [5.41, 5.74) is 3.81. The fourth-order valence-electron chi connectivity index (χ4n) is 1.71. The maximum absolute atomic E-state index is 11.9. The molecule has 22 heavy (non-hydrogen) atoms. The molecule has 1 amide bonds. The molecule has 112 valence electrons. The molecule has 6 nitrogen and oxygen atoms in total. The van der Waals surface area contributed by atoms with Crippen LogP contribution in [0.4, 0.5) is 5.69 Å². The van der Waals surface area contributed by atoms with E-state index in [4.69, 9.17) is 11.6 Å². The van der Waals surface area contributed by atoms with E-state index in [-0.39, 0.29) is 11.6 Å². The highest BCUT2D eigenvalue weighted by Gasteiger charge is 2.08. The van der Waals surface area contributed by atoms with Gasteiger partial charge in [-0.1, -0.05) is 23.7 Å². The Labute approximate surface area is 131 Å². The number of hydrogen-bond acceptors (Lipinski definition) is 4. The second-order valence-electron chi connectivity index (χ2n) is 4.45. The Hall–Kier alpha value is -2.73. The van der Waals surface area contributed by atoms with Crippen LogP contribution < -0.4 is 5.43 Å². The SMILES string of the molecule is C/C(=N/NC(=O)c1ccc(Cl)cc1)c1cccc([N+](=O)[O-])c1. The summed E-state index contributed by atoms with van der Waals surface area (Å²) in [6, 6.07) is 12.4. The van der Waals surface area contributed by atoms with Crippen LogP contribution in [0.25, 0.3) is 0 Å². The number of nitro groups is 1. The first-order chi connectivity index (χ1) is 10.5. The van der Waals surface area contributed by atoms with Crippen LogP contribution >= 0.6 is 11.6 Å². The molecule has 0 atom stereocenters. The maximum Gasteiger partial charge on any atom is 0.271 e. The summed E-state index contributed by atoms with van der Waals surface area (Å²) in [7, 11) is 0. The van der Waals surface area contributed by atoms with E-state index < -0.39 is 4.92 Å². The molecule has 2 aromatic rings. The zero-order valence-electron chi connectivity index (χ0n) is 11.6. The van der Waals surface area contributed by atoms with Crippen LogP contribution in [0.5, 0.6) is 0 Å². The number of nitrogens with zero attached hydrogens (tertiary/aromatic N) is 2. The van der Waals surface area contributed by atoms with Gasteiger partial charge in [0.15, 0.2) is 0 Å². The fraction of sp³-hybridized carbons (Fsp3) is 0.0667. The molecule has 0 radical (unpaired) electrons. The van der Waals surface area contributed by atoms with Crippen molar-refractivity contribution in [2.45, 2.75) is 6.92 Å². The molecule has 0 saturated carbocycles. The number of nitro benzene ring substituents is 1. The molecule has 0 aliphatic rings. The molecule has 0 spiro atoms. The molecule has 0 aliphatic carbocycles. The van der Waals surface area contributed by atoms with Crippen LogP contribution in [-0.2, 0) is 0 Å². The molecule has 7 heteroatoms. The first-order valence-electron chi connectivity index (χ1n) is 6.32. The molecule has 0 unspecified atom stereocenters.